The van der Waals surface area contributed by atoms with Gasteiger partial charge in [-0.15, -0.1) is 0 Å². The third kappa shape index (κ3) is 3.24. The van der Waals surface area contributed by atoms with Crippen molar-refractivity contribution in [2.24, 2.45) is 5.73 Å². The molecular weight excluding hydrogens is 268 g/mol. The van der Waals surface area contributed by atoms with Crippen molar-refractivity contribution in [2.45, 2.75) is 25.2 Å². The van der Waals surface area contributed by atoms with Gasteiger partial charge in [-0.25, -0.2) is 0 Å². The van der Waals surface area contributed by atoms with Gasteiger partial charge in [-0.1, -0.05) is 12.1 Å². The number of rotatable bonds is 7. The molecule has 1 saturated carbocycles. The Kier molecular flexibility index (Phi) is 4.31. The van der Waals surface area contributed by atoms with E-state index >= 15 is 0 Å². The summed E-state index contributed by atoms with van der Waals surface area (Å²) in [6.45, 7) is 2.03. The topological polar surface area (TPSA) is 85.4 Å². The van der Waals surface area contributed by atoms with Crippen LogP contribution in [0.15, 0.2) is 35.6 Å². The number of allylic oxidation sites excluding steroid dienone is 1. The molecule has 0 atom stereocenters. The van der Waals surface area contributed by atoms with E-state index in [1.54, 1.807) is 14.0 Å². The van der Waals surface area contributed by atoms with Crippen LogP contribution in [0.2, 0.25) is 0 Å². The molecule has 3 N–H and O–H groups in total. The highest BCUT2D eigenvalue weighted by Gasteiger charge is 2.45. The summed E-state index contributed by atoms with van der Waals surface area (Å²) in [6, 6.07) is 7.88. The Labute approximate surface area is 124 Å². The lowest BCUT2D eigenvalue weighted by molar-refractivity contribution is -0.118. The standard InChI is InChI=1S/C16H20N2O3/c1-11(9-17)14(15(18)19)21-10-16(7-8-16)12-3-5-13(20-2)6-4-12/h3-6,9,17H,7-8,10H2,1-2H3,(H2,18,19)/b14-11+,17-9?. The predicted octanol–water partition coefficient (Wildman–Crippen LogP) is 2.15. The normalized spacial score (nSPS) is 16.7. The zero-order valence-corrected chi connectivity index (χ0v) is 12.3. The second-order valence-corrected chi connectivity index (χ2v) is 5.32. The number of carbonyl (C=O) groups is 1. The third-order valence-electron chi connectivity index (χ3n) is 3.85. The highest BCUT2D eigenvalue weighted by molar-refractivity contribution is 5.96. The summed E-state index contributed by atoms with van der Waals surface area (Å²) in [4.78, 5) is 11.4. The van der Waals surface area contributed by atoms with Gasteiger partial charge in [-0.2, -0.15) is 0 Å². The van der Waals surface area contributed by atoms with Gasteiger partial charge in [-0.05, 0) is 37.5 Å². The van der Waals surface area contributed by atoms with Crippen LogP contribution in [-0.4, -0.2) is 25.8 Å². The molecule has 0 bridgehead atoms. The molecule has 1 aromatic rings. The zero-order valence-electron chi connectivity index (χ0n) is 12.3. The second kappa shape index (κ2) is 5.99. The number of carbonyl (C=O) groups excluding carboxylic acids is 1. The first-order chi connectivity index (χ1) is 10.0. The molecule has 5 heteroatoms. The Balaban J connectivity index is 2.11. The summed E-state index contributed by atoms with van der Waals surface area (Å²) < 4.78 is 10.8. The summed E-state index contributed by atoms with van der Waals surface area (Å²) in [7, 11) is 1.63. The number of methoxy groups -OCH3 is 1. The van der Waals surface area contributed by atoms with Gasteiger partial charge in [0, 0.05) is 17.2 Å². The summed E-state index contributed by atoms with van der Waals surface area (Å²) in [6.07, 6.45) is 3.09. The first kappa shape index (κ1) is 15.1. The number of nitrogens with one attached hydrogen (secondary N) is 1. The Morgan fingerprint density at radius 1 is 1.38 bits per heavy atom. The molecule has 0 heterocycles. The van der Waals surface area contributed by atoms with Gasteiger partial charge in [0.15, 0.2) is 5.76 Å². The van der Waals surface area contributed by atoms with Crippen LogP contribution in [0.4, 0.5) is 0 Å². The fourth-order valence-corrected chi connectivity index (χ4v) is 2.27. The molecule has 1 aromatic carbocycles. The minimum atomic E-state index is -0.637. The van der Waals surface area contributed by atoms with Crippen LogP contribution >= 0.6 is 0 Å². The van der Waals surface area contributed by atoms with Gasteiger partial charge in [-0.3, -0.25) is 4.79 Å². The highest BCUT2D eigenvalue weighted by Crippen LogP contribution is 2.49. The van der Waals surface area contributed by atoms with Crippen LogP contribution in [-0.2, 0) is 14.9 Å². The molecule has 0 aromatic heterocycles. The Morgan fingerprint density at radius 3 is 2.43 bits per heavy atom. The molecule has 1 aliphatic carbocycles. The summed E-state index contributed by atoms with van der Waals surface area (Å²) in [5.41, 5.74) is 6.84. The summed E-state index contributed by atoms with van der Waals surface area (Å²) >= 11 is 0. The molecule has 1 amide bonds. The number of primary amides is 1. The molecule has 112 valence electrons. The summed E-state index contributed by atoms with van der Waals surface area (Å²) in [5.74, 6) is 0.249. The molecule has 0 unspecified atom stereocenters. The number of nitrogens with two attached hydrogens (primary N) is 1. The van der Waals surface area contributed by atoms with Crippen molar-refractivity contribution in [3.63, 3.8) is 0 Å². The summed E-state index contributed by atoms with van der Waals surface area (Å²) in [5, 5.41) is 7.21. The highest BCUT2D eigenvalue weighted by atomic mass is 16.5. The van der Waals surface area contributed by atoms with E-state index in [1.165, 1.54) is 5.56 Å². The largest absolute Gasteiger partial charge is 0.497 e. The van der Waals surface area contributed by atoms with Gasteiger partial charge < -0.3 is 20.6 Å². The van der Waals surface area contributed by atoms with Crippen molar-refractivity contribution in [1.82, 2.24) is 0 Å². The SMILES string of the molecule is COc1ccc(C2(CO/C(C(N)=O)=C(\C)C=N)CC2)cc1. The Bertz CT molecular complexity index is 572. The monoisotopic (exact) mass is 288 g/mol. The fourth-order valence-electron chi connectivity index (χ4n) is 2.27. The van der Waals surface area contributed by atoms with E-state index in [4.69, 9.17) is 20.6 Å². The smallest absolute Gasteiger partial charge is 0.284 e. The van der Waals surface area contributed by atoms with Gasteiger partial charge in [0.1, 0.15) is 5.75 Å². The maximum atomic E-state index is 11.4. The average Bonchev–Trinajstić information content (AvgIpc) is 3.28. The van der Waals surface area contributed by atoms with Crippen molar-refractivity contribution in [1.29, 1.82) is 5.41 Å². The minimum absolute atomic E-state index is 0.0602. The van der Waals surface area contributed by atoms with Gasteiger partial charge in [0.25, 0.3) is 5.91 Å². The zero-order chi connectivity index (χ0) is 15.5. The van der Waals surface area contributed by atoms with E-state index in [1.807, 2.05) is 24.3 Å². The number of hydrogen-bond acceptors (Lipinski definition) is 4. The van der Waals surface area contributed by atoms with E-state index < -0.39 is 5.91 Å². The first-order valence-electron chi connectivity index (χ1n) is 6.81. The lowest BCUT2D eigenvalue weighted by Crippen LogP contribution is -2.23. The quantitative estimate of drug-likeness (QED) is 0.458. The molecule has 0 aliphatic heterocycles. The van der Waals surface area contributed by atoms with Crippen molar-refractivity contribution in [3.05, 3.63) is 41.2 Å². The van der Waals surface area contributed by atoms with Crippen LogP contribution in [0.25, 0.3) is 0 Å². The van der Waals surface area contributed by atoms with Crippen molar-refractivity contribution in [3.8, 4) is 5.75 Å². The van der Waals surface area contributed by atoms with Crippen LogP contribution in [0.3, 0.4) is 0 Å². The van der Waals surface area contributed by atoms with E-state index in [0.717, 1.165) is 24.8 Å². The van der Waals surface area contributed by atoms with E-state index in [-0.39, 0.29) is 11.2 Å². The second-order valence-electron chi connectivity index (χ2n) is 5.32. The van der Waals surface area contributed by atoms with Crippen molar-refractivity contribution in [2.75, 3.05) is 13.7 Å². The lowest BCUT2D eigenvalue weighted by atomic mass is 9.97. The van der Waals surface area contributed by atoms with Crippen LogP contribution in [0.5, 0.6) is 5.75 Å². The Hall–Kier alpha value is -2.30. The molecule has 5 nitrogen and oxygen atoms in total. The number of hydrogen-bond donors (Lipinski definition) is 2. The van der Waals surface area contributed by atoms with E-state index in [2.05, 4.69) is 0 Å². The third-order valence-corrected chi connectivity index (χ3v) is 3.85. The molecule has 1 fully saturated rings. The van der Waals surface area contributed by atoms with Crippen molar-refractivity contribution < 1.29 is 14.3 Å². The van der Waals surface area contributed by atoms with Gasteiger partial charge in [0.05, 0.1) is 13.7 Å². The van der Waals surface area contributed by atoms with Crippen LogP contribution in [0, 0.1) is 5.41 Å². The molecule has 21 heavy (non-hydrogen) atoms. The maximum absolute atomic E-state index is 11.4. The number of amides is 1. The van der Waals surface area contributed by atoms with Crippen molar-refractivity contribution >= 4 is 12.1 Å². The molecule has 0 spiro atoms. The van der Waals surface area contributed by atoms with Gasteiger partial charge in [0.2, 0.25) is 0 Å². The van der Waals surface area contributed by atoms with Crippen LogP contribution < -0.4 is 10.5 Å². The van der Waals surface area contributed by atoms with E-state index in [9.17, 15) is 4.79 Å². The number of benzene rings is 1. The first-order valence-corrected chi connectivity index (χ1v) is 6.81. The molecule has 1 aliphatic rings. The molecule has 0 saturated heterocycles. The predicted molar refractivity (Wildman–Crippen MR) is 80.5 cm³/mol. The average molecular weight is 288 g/mol. The lowest BCUT2D eigenvalue weighted by Gasteiger charge is -2.18. The van der Waals surface area contributed by atoms with Gasteiger partial charge >= 0.3 is 0 Å². The minimum Gasteiger partial charge on any atom is -0.497 e. The molecule has 0 radical (unpaired) electrons. The molecular formula is C16H20N2O3. The number of ether oxygens (including phenoxy) is 2. The molecule has 2 rings (SSSR count). The fraction of sp³-hybridized carbons (Fsp3) is 0.375. The van der Waals surface area contributed by atoms with E-state index in [0.29, 0.717) is 12.2 Å². The maximum Gasteiger partial charge on any atom is 0.284 e. The Morgan fingerprint density at radius 2 is 2.00 bits per heavy atom. The van der Waals surface area contributed by atoms with Crippen LogP contribution in [0.1, 0.15) is 25.3 Å².